The summed E-state index contributed by atoms with van der Waals surface area (Å²) in [5, 5.41) is 15.8. The largest absolute Gasteiger partial charge is 0.356 e. The highest BCUT2D eigenvalue weighted by Crippen LogP contribution is 2.20. The first-order valence-corrected chi connectivity index (χ1v) is 11.3. The lowest BCUT2D eigenvalue weighted by Gasteiger charge is -2.20. The highest BCUT2D eigenvalue weighted by molar-refractivity contribution is 14.0. The predicted molar refractivity (Wildman–Crippen MR) is 141 cm³/mol. The van der Waals surface area contributed by atoms with Crippen molar-refractivity contribution in [1.82, 2.24) is 25.4 Å². The summed E-state index contributed by atoms with van der Waals surface area (Å²) in [6.07, 6.45) is 5.67. The van der Waals surface area contributed by atoms with E-state index in [0.717, 1.165) is 43.5 Å². The lowest BCUT2D eigenvalue weighted by molar-refractivity contribution is 0.593. The van der Waals surface area contributed by atoms with Crippen LogP contribution in [-0.4, -0.2) is 34.3 Å². The molecule has 0 aliphatic carbocycles. The molecule has 6 nitrogen and oxygen atoms in total. The lowest BCUT2D eigenvalue weighted by Crippen LogP contribution is -2.39. The number of aliphatic imine (C=N–C) groups is 1. The predicted octanol–water partition coefficient (Wildman–Crippen LogP) is 4.31. The van der Waals surface area contributed by atoms with E-state index in [1.54, 1.807) is 0 Å². The van der Waals surface area contributed by atoms with Crippen LogP contribution in [0.15, 0.2) is 65.7 Å². The van der Waals surface area contributed by atoms with Gasteiger partial charge < -0.3 is 15.2 Å². The molecule has 0 spiro atoms. The monoisotopic (exact) mass is 544 g/mol. The van der Waals surface area contributed by atoms with Crippen LogP contribution in [-0.2, 0) is 25.9 Å². The summed E-state index contributed by atoms with van der Waals surface area (Å²) in [6.45, 7) is 2.44. The second kappa shape index (κ2) is 12.6. The van der Waals surface area contributed by atoms with Gasteiger partial charge in [0, 0.05) is 32.5 Å². The Morgan fingerprint density at radius 1 is 0.969 bits per heavy atom. The highest BCUT2D eigenvalue weighted by Gasteiger charge is 2.16. The molecule has 1 unspecified atom stereocenters. The van der Waals surface area contributed by atoms with Gasteiger partial charge >= 0.3 is 0 Å². The Morgan fingerprint density at radius 2 is 1.72 bits per heavy atom. The molecule has 7 heteroatoms. The summed E-state index contributed by atoms with van der Waals surface area (Å²) < 4.78 is 2.27. The molecule has 1 aliphatic rings. The van der Waals surface area contributed by atoms with Crippen LogP contribution in [0.2, 0.25) is 0 Å². The van der Waals surface area contributed by atoms with E-state index in [-0.39, 0.29) is 24.0 Å². The number of nitrogens with one attached hydrogen (secondary N) is 2. The van der Waals surface area contributed by atoms with Gasteiger partial charge in [0.2, 0.25) is 0 Å². The number of rotatable bonds is 7. The molecule has 2 heterocycles. The smallest absolute Gasteiger partial charge is 0.191 e. The van der Waals surface area contributed by atoms with Crippen molar-refractivity contribution < 1.29 is 0 Å². The van der Waals surface area contributed by atoms with Crippen molar-refractivity contribution in [2.24, 2.45) is 4.99 Å². The van der Waals surface area contributed by atoms with E-state index in [9.17, 15) is 0 Å². The van der Waals surface area contributed by atoms with Crippen molar-refractivity contribution in [3.63, 3.8) is 0 Å². The molecule has 4 rings (SSSR count). The molecular weight excluding hydrogens is 511 g/mol. The van der Waals surface area contributed by atoms with Gasteiger partial charge in [0.05, 0.1) is 6.54 Å². The van der Waals surface area contributed by atoms with E-state index in [2.05, 4.69) is 91.1 Å². The number of hydrogen-bond donors (Lipinski definition) is 2. The molecule has 0 saturated heterocycles. The first-order valence-electron chi connectivity index (χ1n) is 11.3. The van der Waals surface area contributed by atoms with Gasteiger partial charge in [-0.1, -0.05) is 67.1 Å². The molecule has 1 atom stereocenters. The van der Waals surface area contributed by atoms with Crippen LogP contribution in [0, 0.1) is 0 Å². The van der Waals surface area contributed by atoms with Crippen LogP contribution in [0.4, 0.5) is 0 Å². The fourth-order valence-electron chi connectivity index (χ4n) is 4.21. The fourth-order valence-corrected chi connectivity index (χ4v) is 4.21. The molecular formula is C25H33IN6. The minimum Gasteiger partial charge on any atom is -0.356 e. The Balaban J connectivity index is 0.00000289. The summed E-state index contributed by atoms with van der Waals surface area (Å²) >= 11 is 0. The van der Waals surface area contributed by atoms with E-state index >= 15 is 0 Å². The van der Waals surface area contributed by atoms with Crippen LogP contribution in [0.5, 0.6) is 0 Å². The van der Waals surface area contributed by atoms with Crippen molar-refractivity contribution in [1.29, 1.82) is 0 Å². The number of hydrogen-bond acceptors (Lipinski definition) is 3. The molecule has 170 valence electrons. The Bertz CT molecular complexity index is 971. The third-order valence-corrected chi connectivity index (χ3v) is 5.94. The van der Waals surface area contributed by atoms with Crippen LogP contribution in [0.3, 0.4) is 0 Å². The van der Waals surface area contributed by atoms with Crippen LogP contribution in [0.25, 0.3) is 0 Å². The number of aryl methyl sites for hydroxylation is 1. The second-order valence-corrected chi connectivity index (χ2v) is 8.10. The summed E-state index contributed by atoms with van der Waals surface area (Å²) in [6, 6.07) is 21.4. The molecule has 0 amide bonds. The topological polar surface area (TPSA) is 67.1 Å². The zero-order valence-electron chi connectivity index (χ0n) is 18.7. The zero-order chi connectivity index (χ0) is 21.3. The first-order chi connectivity index (χ1) is 15.3. The van der Waals surface area contributed by atoms with Gasteiger partial charge in [0.15, 0.2) is 11.8 Å². The van der Waals surface area contributed by atoms with Gasteiger partial charge in [0.1, 0.15) is 5.82 Å². The van der Waals surface area contributed by atoms with Crippen LogP contribution >= 0.6 is 24.0 Å². The second-order valence-electron chi connectivity index (χ2n) is 8.10. The molecule has 1 aliphatic heterocycles. The van der Waals surface area contributed by atoms with Gasteiger partial charge in [-0.3, -0.25) is 4.99 Å². The average molecular weight is 544 g/mol. The lowest BCUT2D eigenvalue weighted by atomic mass is 9.92. The van der Waals surface area contributed by atoms with Crippen molar-refractivity contribution in [2.75, 3.05) is 13.6 Å². The maximum Gasteiger partial charge on any atom is 0.191 e. The number of guanidine groups is 1. The molecule has 1 aromatic heterocycles. The third-order valence-electron chi connectivity index (χ3n) is 5.94. The Morgan fingerprint density at radius 3 is 2.47 bits per heavy atom. The van der Waals surface area contributed by atoms with E-state index in [1.807, 2.05) is 7.05 Å². The van der Waals surface area contributed by atoms with Gasteiger partial charge in [-0.05, 0) is 30.4 Å². The zero-order valence-corrected chi connectivity index (χ0v) is 21.0. The molecule has 0 fully saturated rings. The Hall–Kier alpha value is -2.42. The minimum atomic E-state index is 0. The number of benzene rings is 2. The quantitative estimate of drug-likeness (QED) is 0.264. The molecule has 0 radical (unpaired) electrons. The van der Waals surface area contributed by atoms with Gasteiger partial charge in [-0.25, -0.2) is 0 Å². The van der Waals surface area contributed by atoms with Gasteiger partial charge in [0.25, 0.3) is 0 Å². The normalized spacial score (nSPS) is 14.6. The van der Waals surface area contributed by atoms with E-state index in [1.165, 1.54) is 30.4 Å². The fraction of sp³-hybridized carbons (Fsp3) is 0.400. The highest BCUT2D eigenvalue weighted by atomic mass is 127. The third kappa shape index (κ3) is 6.54. The molecule has 0 bridgehead atoms. The molecule has 3 aromatic rings. The van der Waals surface area contributed by atoms with Crippen molar-refractivity contribution in [2.45, 2.75) is 51.1 Å². The summed E-state index contributed by atoms with van der Waals surface area (Å²) in [7, 11) is 1.81. The summed E-state index contributed by atoms with van der Waals surface area (Å²) in [4.78, 5) is 4.43. The molecule has 2 N–H and O–H groups in total. The van der Waals surface area contributed by atoms with Crippen LogP contribution in [0.1, 0.15) is 48.0 Å². The average Bonchev–Trinajstić information content (AvgIpc) is 3.05. The van der Waals surface area contributed by atoms with E-state index in [4.69, 9.17) is 0 Å². The maximum absolute atomic E-state index is 4.43. The van der Waals surface area contributed by atoms with Crippen molar-refractivity contribution in [3.05, 3.63) is 83.4 Å². The van der Waals surface area contributed by atoms with Crippen LogP contribution < -0.4 is 10.6 Å². The number of nitrogens with zero attached hydrogens (tertiary/aromatic N) is 4. The standard InChI is InChI=1S/C25H32N6.HI/c1-26-25(28-19-24-30-29-23-15-9-4-10-16-31(23)24)27-18-22(21-13-7-3-8-14-21)17-20-11-5-2-6-12-20;/h2-3,5-8,11-14,22H,4,9-10,15-19H2,1H3,(H2,26,27,28);1H. The van der Waals surface area contributed by atoms with Gasteiger partial charge in [-0.2, -0.15) is 0 Å². The minimum absolute atomic E-state index is 0. The Labute approximate surface area is 208 Å². The Kier molecular flexibility index (Phi) is 9.52. The SMILES string of the molecule is CN=C(NCc1nnc2n1CCCCC2)NCC(Cc1ccccc1)c1ccccc1.I. The van der Waals surface area contributed by atoms with Crippen molar-refractivity contribution in [3.8, 4) is 0 Å². The number of aromatic nitrogens is 3. The summed E-state index contributed by atoms with van der Waals surface area (Å²) in [5.74, 6) is 3.25. The van der Waals surface area contributed by atoms with E-state index < -0.39 is 0 Å². The number of halogens is 1. The first kappa shape index (κ1) is 24.2. The molecule has 32 heavy (non-hydrogen) atoms. The van der Waals surface area contributed by atoms with Gasteiger partial charge in [-0.15, -0.1) is 34.2 Å². The van der Waals surface area contributed by atoms with Crippen molar-refractivity contribution >= 4 is 29.9 Å². The van der Waals surface area contributed by atoms with E-state index in [0.29, 0.717) is 12.5 Å². The maximum atomic E-state index is 4.43. The molecule has 0 saturated carbocycles. The number of fused-ring (bicyclic) bond motifs is 1. The molecule has 2 aromatic carbocycles. The summed E-state index contributed by atoms with van der Waals surface area (Å²) in [5.41, 5.74) is 2.67.